The minimum atomic E-state index is -0.213. The molecule has 0 saturated carbocycles. The van der Waals surface area contributed by atoms with Gasteiger partial charge >= 0.3 is 0 Å². The van der Waals surface area contributed by atoms with Crippen LogP contribution in [0.2, 0.25) is 0 Å². The molecule has 0 unspecified atom stereocenters. The van der Waals surface area contributed by atoms with Crippen molar-refractivity contribution in [1.82, 2.24) is 10.6 Å². The maximum Gasteiger partial charge on any atom is 0.265 e. The first kappa shape index (κ1) is 15.8. The molecule has 7 heteroatoms. The fourth-order valence-electron chi connectivity index (χ4n) is 2.04. The van der Waals surface area contributed by atoms with Gasteiger partial charge in [0, 0.05) is 11.0 Å². The molecule has 1 heterocycles. The van der Waals surface area contributed by atoms with E-state index < -0.39 is 0 Å². The zero-order chi connectivity index (χ0) is 15.2. The van der Waals surface area contributed by atoms with Gasteiger partial charge in [0.1, 0.15) is 12.3 Å². The minimum Gasteiger partial charge on any atom is -0.482 e. The second-order valence-corrected chi connectivity index (χ2v) is 5.60. The van der Waals surface area contributed by atoms with Gasteiger partial charge in [0.2, 0.25) is 5.91 Å². The Morgan fingerprint density at radius 2 is 2.24 bits per heavy atom. The molecule has 2 N–H and O–H groups in total. The van der Waals surface area contributed by atoms with Gasteiger partial charge in [-0.3, -0.25) is 14.5 Å². The van der Waals surface area contributed by atoms with Crippen LogP contribution in [-0.2, 0) is 9.59 Å². The maximum absolute atomic E-state index is 12.0. The number of rotatable bonds is 6. The Hall–Kier alpha value is -1.60. The average molecular weight is 356 g/mol. The van der Waals surface area contributed by atoms with Crippen molar-refractivity contribution in [3.05, 3.63) is 22.7 Å². The van der Waals surface area contributed by atoms with E-state index in [4.69, 9.17) is 4.74 Å². The Labute approximate surface area is 132 Å². The van der Waals surface area contributed by atoms with E-state index >= 15 is 0 Å². The first-order valence-electron chi connectivity index (χ1n) is 6.76. The smallest absolute Gasteiger partial charge is 0.265 e. The Morgan fingerprint density at radius 3 is 3.00 bits per heavy atom. The number of ether oxygens (including phenoxy) is 1. The van der Waals surface area contributed by atoms with E-state index in [-0.39, 0.29) is 25.0 Å². The van der Waals surface area contributed by atoms with Crippen LogP contribution in [0.4, 0.5) is 5.69 Å². The Bertz CT molecular complexity index is 536. The summed E-state index contributed by atoms with van der Waals surface area (Å²) in [7, 11) is 1.86. The van der Waals surface area contributed by atoms with Gasteiger partial charge in [-0.05, 0) is 38.2 Å². The Balaban J connectivity index is 1.99. The number of amides is 2. The van der Waals surface area contributed by atoms with Crippen LogP contribution in [0.15, 0.2) is 22.7 Å². The predicted molar refractivity (Wildman–Crippen MR) is 83.5 cm³/mol. The molecular weight excluding hydrogens is 338 g/mol. The van der Waals surface area contributed by atoms with Gasteiger partial charge < -0.3 is 15.4 Å². The lowest BCUT2D eigenvalue weighted by atomic mass is 10.2. The normalized spacial score (nSPS) is 13.6. The van der Waals surface area contributed by atoms with Crippen LogP contribution in [0.25, 0.3) is 0 Å². The number of benzene rings is 1. The summed E-state index contributed by atoms with van der Waals surface area (Å²) in [5.74, 6) is 0.220. The van der Waals surface area contributed by atoms with E-state index in [1.54, 1.807) is 12.1 Å². The van der Waals surface area contributed by atoms with Crippen molar-refractivity contribution >= 4 is 33.4 Å². The van der Waals surface area contributed by atoms with Crippen LogP contribution in [0.1, 0.15) is 6.42 Å². The monoisotopic (exact) mass is 355 g/mol. The third kappa shape index (κ3) is 4.18. The summed E-state index contributed by atoms with van der Waals surface area (Å²) >= 11 is 3.36. The van der Waals surface area contributed by atoms with E-state index in [0.717, 1.165) is 17.4 Å². The van der Waals surface area contributed by atoms with Crippen molar-refractivity contribution in [2.75, 3.05) is 38.2 Å². The third-order valence-corrected chi connectivity index (χ3v) is 3.59. The molecule has 1 aromatic carbocycles. The molecule has 6 nitrogen and oxygen atoms in total. The fraction of sp³-hybridized carbons (Fsp3) is 0.429. The number of anilines is 1. The number of nitrogens with zero attached hydrogens (tertiary/aromatic N) is 1. The first-order valence-corrected chi connectivity index (χ1v) is 7.55. The van der Waals surface area contributed by atoms with Crippen molar-refractivity contribution in [3.63, 3.8) is 0 Å². The molecular formula is C14H18BrN3O3. The molecule has 21 heavy (non-hydrogen) atoms. The molecule has 2 rings (SSSR count). The SMILES string of the molecule is CNCCCNC(=O)CN1C(=O)COc2cc(Br)ccc21. The number of carbonyl (C=O) groups excluding carboxylic acids is 2. The van der Waals surface area contributed by atoms with Crippen molar-refractivity contribution in [2.24, 2.45) is 0 Å². The summed E-state index contributed by atoms with van der Waals surface area (Å²) in [6.07, 6.45) is 0.850. The minimum absolute atomic E-state index is 0.0103. The van der Waals surface area contributed by atoms with E-state index in [9.17, 15) is 9.59 Å². The summed E-state index contributed by atoms with van der Waals surface area (Å²) < 4.78 is 6.25. The molecule has 2 amide bonds. The summed E-state index contributed by atoms with van der Waals surface area (Å²) in [5.41, 5.74) is 0.625. The lowest BCUT2D eigenvalue weighted by Gasteiger charge is -2.29. The number of hydrogen-bond donors (Lipinski definition) is 2. The topological polar surface area (TPSA) is 70.7 Å². The third-order valence-electron chi connectivity index (χ3n) is 3.09. The quantitative estimate of drug-likeness (QED) is 0.743. The van der Waals surface area contributed by atoms with Crippen LogP contribution in [-0.4, -0.2) is 45.1 Å². The largest absolute Gasteiger partial charge is 0.482 e. The molecule has 0 saturated heterocycles. The Kier molecular flexibility index (Phi) is 5.58. The number of hydrogen-bond acceptors (Lipinski definition) is 4. The van der Waals surface area contributed by atoms with Crippen molar-refractivity contribution in [3.8, 4) is 5.75 Å². The highest BCUT2D eigenvalue weighted by Crippen LogP contribution is 2.34. The van der Waals surface area contributed by atoms with Crippen LogP contribution in [0.5, 0.6) is 5.75 Å². The highest BCUT2D eigenvalue weighted by Gasteiger charge is 2.27. The van der Waals surface area contributed by atoms with Crippen LogP contribution in [0, 0.1) is 0 Å². The molecule has 0 aliphatic carbocycles. The van der Waals surface area contributed by atoms with Gasteiger partial charge in [-0.1, -0.05) is 15.9 Å². The van der Waals surface area contributed by atoms with E-state index in [1.165, 1.54) is 4.90 Å². The van der Waals surface area contributed by atoms with Gasteiger partial charge in [-0.25, -0.2) is 0 Å². The summed E-state index contributed by atoms with van der Waals surface area (Å²) in [6.45, 7) is 1.39. The zero-order valence-corrected chi connectivity index (χ0v) is 13.4. The second kappa shape index (κ2) is 7.42. The van der Waals surface area contributed by atoms with Crippen molar-refractivity contribution < 1.29 is 14.3 Å². The first-order chi connectivity index (χ1) is 10.1. The number of carbonyl (C=O) groups is 2. The standard InChI is InChI=1S/C14H18BrN3O3/c1-16-5-2-6-17-13(19)8-18-11-4-3-10(15)7-12(11)21-9-14(18)20/h3-4,7,16H,2,5-6,8-9H2,1H3,(H,17,19). The van der Waals surface area contributed by atoms with E-state index in [1.807, 2.05) is 13.1 Å². The lowest BCUT2D eigenvalue weighted by Crippen LogP contribution is -2.45. The molecule has 0 bridgehead atoms. The van der Waals surface area contributed by atoms with Crippen LogP contribution < -0.4 is 20.3 Å². The highest BCUT2D eigenvalue weighted by molar-refractivity contribution is 9.10. The molecule has 0 radical (unpaired) electrons. The average Bonchev–Trinajstić information content (AvgIpc) is 2.46. The molecule has 0 spiro atoms. The molecule has 0 aromatic heterocycles. The second-order valence-electron chi connectivity index (χ2n) is 4.69. The maximum atomic E-state index is 12.0. The van der Waals surface area contributed by atoms with Gasteiger partial charge in [0.25, 0.3) is 5.91 Å². The molecule has 1 aromatic rings. The molecule has 0 fully saturated rings. The number of halogens is 1. The highest BCUT2D eigenvalue weighted by atomic mass is 79.9. The molecule has 0 atom stereocenters. The van der Waals surface area contributed by atoms with Gasteiger partial charge in [0.15, 0.2) is 6.61 Å². The summed E-state index contributed by atoms with van der Waals surface area (Å²) in [4.78, 5) is 25.3. The van der Waals surface area contributed by atoms with E-state index in [2.05, 4.69) is 26.6 Å². The predicted octanol–water partition coefficient (Wildman–Crippen LogP) is 0.900. The fourth-order valence-corrected chi connectivity index (χ4v) is 2.38. The zero-order valence-electron chi connectivity index (χ0n) is 11.8. The van der Waals surface area contributed by atoms with Crippen LogP contribution in [0.3, 0.4) is 0 Å². The van der Waals surface area contributed by atoms with Crippen LogP contribution >= 0.6 is 15.9 Å². The molecule has 114 valence electrons. The van der Waals surface area contributed by atoms with Gasteiger partial charge in [-0.2, -0.15) is 0 Å². The molecule has 1 aliphatic heterocycles. The number of nitrogens with one attached hydrogen (secondary N) is 2. The Morgan fingerprint density at radius 1 is 1.43 bits per heavy atom. The summed E-state index contributed by atoms with van der Waals surface area (Å²) in [5, 5.41) is 5.82. The summed E-state index contributed by atoms with van der Waals surface area (Å²) in [6, 6.07) is 5.38. The van der Waals surface area contributed by atoms with Crippen molar-refractivity contribution in [2.45, 2.75) is 6.42 Å². The number of fused-ring (bicyclic) bond motifs is 1. The molecule has 1 aliphatic rings. The van der Waals surface area contributed by atoms with Gasteiger partial charge in [-0.15, -0.1) is 0 Å². The van der Waals surface area contributed by atoms with Gasteiger partial charge in [0.05, 0.1) is 5.69 Å². The van der Waals surface area contributed by atoms with E-state index in [0.29, 0.717) is 18.0 Å². The lowest BCUT2D eigenvalue weighted by molar-refractivity contribution is -0.125. The van der Waals surface area contributed by atoms with Crippen molar-refractivity contribution in [1.29, 1.82) is 0 Å².